The van der Waals surface area contributed by atoms with E-state index in [0.717, 1.165) is 0 Å². The molecule has 0 bridgehead atoms. The van der Waals surface area contributed by atoms with Crippen LogP contribution in [0.1, 0.15) is 36.3 Å². The molecule has 0 fully saturated rings. The van der Waals surface area contributed by atoms with Crippen LogP contribution in [0.3, 0.4) is 0 Å². The van der Waals surface area contributed by atoms with Gasteiger partial charge in [0.15, 0.2) is 5.78 Å². The van der Waals surface area contributed by atoms with E-state index in [1.165, 1.54) is 24.2 Å². The number of ether oxygens (including phenoxy) is 1. The van der Waals surface area contributed by atoms with Crippen molar-refractivity contribution in [3.05, 3.63) is 103 Å². The Morgan fingerprint density at radius 1 is 1.23 bits per heavy atom. The van der Waals surface area contributed by atoms with Gasteiger partial charge in [0.05, 0.1) is 41.8 Å². The number of benzene rings is 2. The highest BCUT2D eigenvalue weighted by atomic mass is 35.5. The zero-order valence-corrected chi connectivity index (χ0v) is 22.2. The summed E-state index contributed by atoms with van der Waals surface area (Å²) in [6, 6.07) is 12.6. The van der Waals surface area contributed by atoms with Gasteiger partial charge in [0.25, 0.3) is 0 Å². The van der Waals surface area contributed by atoms with Gasteiger partial charge in [-0.3, -0.25) is 24.5 Å². The number of aromatic nitrogens is 2. The van der Waals surface area contributed by atoms with Crippen molar-refractivity contribution in [1.82, 2.24) is 9.78 Å². The smallest absolute Gasteiger partial charge is 0.307 e. The van der Waals surface area contributed by atoms with Crippen molar-refractivity contribution in [2.45, 2.75) is 31.7 Å². The summed E-state index contributed by atoms with van der Waals surface area (Å²) in [6.45, 7) is 0.172. The third-order valence-corrected chi connectivity index (χ3v) is 7.26. The van der Waals surface area contributed by atoms with Gasteiger partial charge in [0.1, 0.15) is 24.0 Å². The molecule has 2 aliphatic rings. The average Bonchev–Trinajstić information content (AvgIpc) is 3.36. The Morgan fingerprint density at radius 3 is 2.62 bits per heavy atom. The number of nitriles is 1. The molecule has 1 aromatic heterocycles. The van der Waals surface area contributed by atoms with Crippen LogP contribution in [0.25, 0.3) is 0 Å². The van der Waals surface area contributed by atoms with Crippen molar-refractivity contribution in [2.24, 2.45) is 5.73 Å². The summed E-state index contributed by atoms with van der Waals surface area (Å²) in [5.74, 6) is -0.0584. The van der Waals surface area contributed by atoms with Crippen molar-refractivity contribution in [3.8, 4) is 11.8 Å². The fraction of sp³-hybridized carbons (Fsp3) is 0.222. The number of carbonyl (C=O) groups is 1. The van der Waals surface area contributed by atoms with E-state index in [2.05, 4.69) is 11.2 Å². The summed E-state index contributed by atoms with van der Waals surface area (Å²) in [6.07, 6.45) is 4.04. The van der Waals surface area contributed by atoms with Crippen LogP contribution >= 0.6 is 23.2 Å². The van der Waals surface area contributed by atoms with Gasteiger partial charge in [0, 0.05) is 33.3 Å². The molecule has 0 amide bonds. The first kappa shape index (κ1) is 26.3. The quantitative estimate of drug-likeness (QED) is 0.307. The fourth-order valence-electron chi connectivity index (χ4n) is 5.19. The first-order valence-electron chi connectivity index (χ1n) is 12.0. The molecule has 5 rings (SSSR count). The Bertz CT molecular complexity index is 1600. The molecule has 198 valence electrons. The number of nitrogens with two attached hydrogens (primary N) is 1. The lowest BCUT2D eigenvalue weighted by molar-refractivity contribution is -0.385. The molecule has 1 aliphatic heterocycles. The van der Waals surface area contributed by atoms with Gasteiger partial charge < -0.3 is 10.5 Å². The summed E-state index contributed by atoms with van der Waals surface area (Å²) < 4.78 is 6.95. The van der Waals surface area contributed by atoms with E-state index in [9.17, 15) is 20.2 Å². The Kier molecular flexibility index (Phi) is 7.04. The maximum Gasteiger partial charge on any atom is 0.307 e. The number of carbonyl (C=O) groups excluding carboxylic acids is 1. The molecule has 0 saturated heterocycles. The Balaban J connectivity index is 1.65. The van der Waals surface area contributed by atoms with Gasteiger partial charge in [-0.2, -0.15) is 10.4 Å². The molecule has 1 aliphatic carbocycles. The van der Waals surface area contributed by atoms with Crippen LogP contribution in [0.5, 0.6) is 5.75 Å². The zero-order valence-electron chi connectivity index (χ0n) is 20.7. The highest BCUT2D eigenvalue weighted by Gasteiger charge is 2.40. The predicted molar refractivity (Wildman–Crippen MR) is 145 cm³/mol. The highest BCUT2D eigenvalue weighted by molar-refractivity contribution is 6.35. The molecule has 0 radical (unpaired) electrons. The van der Waals surface area contributed by atoms with Gasteiger partial charge in [0.2, 0.25) is 0 Å². The van der Waals surface area contributed by atoms with Crippen molar-refractivity contribution in [2.75, 3.05) is 12.0 Å². The lowest BCUT2D eigenvalue weighted by Gasteiger charge is -2.39. The number of methoxy groups -OCH3 is 1. The van der Waals surface area contributed by atoms with Gasteiger partial charge in [-0.1, -0.05) is 29.3 Å². The number of rotatable bonds is 6. The molecule has 39 heavy (non-hydrogen) atoms. The summed E-state index contributed by atoms with van der Waals surface area (Å²) in [5, 5.41) is 26.3. The van der Waals surface area contributed by atoms with E-state index in [1.54, 1.807) is 35.2 Å². The number of hydrogen-bond donors (Lipinski definition) is 1. The molecule has 12 heteroatoms. The summed E-state index contributed by atoms with van der Waals surface area (Å²) in [7, 11) is 1.52. The van der Waals surface area contributed by atoms with E-state index in [4.69, 9.17) is 33.7 Å². The monoisotopic (exact) mass is 564 g/mol. The normalized spacial score (nSPS) is 17.2. The molecular weight excluding hydrogens is 543 g/mol. The lowest BCUT2D eigenvalue weighted by atomic mass is 9.75. The van der Waals surface area contributed by atoms with E-state index in [-0.39, 0.29) is 29.4 Å². The molecule has 2 N–H and O–H groups in total. The van der Waals surface area contributed by atoms with Crippen LogP contribution < -0.4 is 15.4 Å². The average molecular weight is 565 g/mol. The number of Topliss-reactive ketones (excluding diaryl/α,β-unsaturated/α-hetero) is 1. The van der Waals surface area contributed by atoms with Gasteiger partial charge in [-0.05, 0) is 48.7 Å². The molecular formula is C27H22Cl2N6O4. The minimum atomic E-state index is -0.708. The van der Waals surface area contributed by atoms with Crippen LogP contribution in [0, 0.1) is 21.4 Å². The number of hydrogen-bond acceptors (Lipinski definition) is 8. The number of halogens is 2. The summed E-state index contributed by atoms with van der Waals surface area (Å²) in [5.41, 5.74) is 9.81. The fourth-order valence-corrected chi connectivity index (χ4v) is 5.71. The van der Waals surface area contributed by atoms with Crippen molar-refractivity contribution in [1.29, 1.82) is 5.26 Å². The molecule has 0 spiro atoms. The molecule has 2 aromatic carbocycles. The summed E-state index contributed by atoms with van der Waals surface area (Å²) in [4.78, 5) is 25.7. The second-order valence-corrected chi connectivity index (χ2v) is 10.0. The largest absolute Gasteiger partial charge is 0.496 e. The minimum absolute atomic E-state index is 0.0697. The Morgan fingerprint density at radius 2 is 1.97 bits per heavy atom. The van der Waals surface area contributed by atoms with Crippen molar-refractivity contribution >= 4 is 40.4 Å². The lowest BCUT2D eigenvalue weighted by Crippen LogP contribution is -2.38. The van der Waals surface area contributed by atoms with E-state index in [1.807, 2.05) is 6.07 Å². The number of allylic oxidation sites excluding steroid dienone is 3. The summed E-state index contributed by atoms with van der Waals surface area (Å²) >= 11 is 12.5. The Labute approximate surface area is 233 Å². The SMILES string of the molecule is COc1ccc([C@H]2C(C#N)=C(N)N(c3cc(Cl)cc(Cl)c3)C3=C2C(=O)CCC3)cc1Cn1cc([N+](=O)[O-])cn1. The predicted octanol–water partition coefficient (Wildman–Crippen LogP) is 5.46. The van der Waals surface area contributed by atoms with Gasteiger partial charge in [-0.25, -0.2) is 0 Å². The van der Waals surface area contributed by atoms with Crippen LogP contribution in [0.4, 0.5) is 11.4 Å². The maximum absolute atomic E-state index is 13.4. The number of anilines is 1. The zero-order chi connectivity index (χ0) is 27.8. The third kappa shape index (κ3) is 4.82. The number of nitro groups is 1. The molecule has 2 heterocycles. The molecule has 3 aromatic rings. The first-order chi connectivity index (χ1) is 18.7. The van der Waals surface area contributed by atoms with E-state index < -0.39 is 10.8 Å². The second kappa shape index (κ2) is 10.4. The molecule has 0 saturated carbocycles. The molecule has 1 atom stereocenters. The van der Waals surface area contributed by atoms with Crippen molar-refractivity contribution < 1.29 is 14.5 Å². The van der Waals surface area contributed by atoms with E-state index >= 15 is 0 Å². The maximum atomic E-state index is 13.4. The highest BCUT2D eigenvalue weighted by Crippen LogP contribution is 2.47. The molecule has 0 unspecified atom stereocenters. The molecule has 10 nitrogen and oxygen atoms in total. The second-order valence-electron chi connectivity index (χ2n) is 9.17. The van der Waals surface area contributed by atoms with Crippen molar-refractivity contribution in [3.63, 3.8) is 0 Å². The van der Waals surface area contributed by atoms with E-state index in [0.29, 0.717) is 63.1 Å². The van der Waals surface area contributed by atoms with Gasteiger partial charge in [-0.15, -0.1) is 0 Å². The van der Waals surface area contributed by atoms with Crippen LogP contribution in [0.15, 0.2) is 71.5 Å². The topological polar surface area (TPSA) is 140 Å². The number of nitrogens with zero attached hydrogens (tertiary/aromatic N) is 5. The van der Waals surface area contributed by atoms with Crippen LogP contribution in [-0.2, 0) is 11.3 Å². The van der Waals surface area contributed by atoms with Gasteiger partial charge >= 0.3 is 5.69 Å². The third-order valence-electron chi connectivity index (χ3n) is 6.82. The number of ketones is 1. The van der Waals surface area contributed by atoms with Crippen LogP contribution in [0.2, 0.25) is 10.0 Å². The Hall–Kier alpha value is -4.33. The van der Waals surface area contributed by atoms with Crippen LogP contribution in [-0.4, -0.2) is 27.6 Å². The first-order valence-corrected chi connectivity index (χ1v) is 12.7. The standard InChI is InChI=1S/C27H22Cl2N6O4/c1-39-24-6-5-15(7-16(24)13-33-14-20(12-32-33)35(37)38)25-21(11-30)27(31)34(19-9-17(28)8-18(29)10-19)22-3-2-4-23(36)26(22)25/h5-10,12,14,25H,2-4,13,31H2,1H3/t25-/m0/s1. The minimum Gasteiger partial charge on any atom is -0.496 e.